The van der Waals surface area contributed by atoms with Crippen LogP contribution in [0.2, 0.25) is 0 Å². The Bertz CT molecular complexity index is 777. The lowest BCUT2D eigenvalue weighted by Crippen LogP contribution is -1.93. The highest BCUT2D eigenvalue weighted by Gasteiger charge is 2.07. The van der Waals surface area contributed by atoms with Crippen LogP contribution in [-0.2, 0) is 6.42 Å². The number of fused-ring (bicyclic) bond motifs is 1. The Labute approximate surface area is 114 Å². The number of aromatic nitrogens is 2. The van der Waals surface area contributed by atoms with Gasteiger partial charge in [-0.2, -0.15) is 5.10 Å². The van der Waals surface area contributed by atoms with Gasteiger partial charge in [0.15, 0.2) is 0 Å². The number of nitrogens with two attached hydrogens (primary N) is 1. The summed E-state index contributed by atoms with van der Waals surface area (Å²) in [5.74, 6) is 0. The summed E-state index contributed by atoms with van der Waals surface area (Å²) in [5, 5.41) is 18.4. The maximum Gasteiger partial charge on any atom is 0.269 e. The van der Waals surface area contributed by atoms with Crippen LogP contribution in [0.4, 0.5) is 11.4 Å². The lowest BCUT2D eigenvalue weighted by molar-refractivity contribution is -0.384. The van der Waals surface area contributed by atoms with Crippen molar-refractivity contribution >= 4 is 22.3 Å². The van der Waals surface area contributed by atoms with Crippen LogP contribution in [-0.4, -0.2) is 15.1 Å². The number of hydrogen-bond donors (Lipinski definition) is 2. The average Bonchev–Trinajstić information content (AvgIpc) is 2.88. The molecule has 0 aliphatic carbocycles. The van der Waals surface area contributed by atoms with Gasteiger partial charge in [0.1, 0.15) is 0 Å². The molecule has 0 aliphatic rings. The van der Waals surface area contributed by atoms with Crippen LogP contribution in [0.5, 0.6) is 0 Å². The van der Waals surface area contributed by atoms with Crippen molar-refractivity contribution in [3.05, 3.63) is 63.8 Å². The molecule has 0 spiro atoms. The Balaban J connectivity index is 1.90. The van der Waals surface area contributed by atoms with Gasteiger partial charge in [-0.05, 0) is 29.7 Å². The first kappa shape index (κ1) is 12.2. The van der Waals surface area contributed by atoms with Gasteiger partial charge in [0.2, 0.25) is 0 Å². The zero-order valence-electron chi connectivity index (χ0n) is 10.5. The molecule has 0 atom stereocenters. The molecule has 1 heterocycles. The molecule has 0 amide bonds. The zero-order chi connectivity index (χ0) is 14.1. The third-order valence-corrected chi connectivity index (χ3v) is 3.21. The monoisotopic (exact) mass is 268 g/mol. The van der Waals surface area contributed by atoms with Crippen LogP contribution in [0.1, 0.15) is 11.1 Å². The molecule has 0 aliphatic heterocycles. The van der Waals surface area contributed by atoms with Crippen LogP contribution >= 0.6 is 0 Å². The molecule has 2 aromatic carbocycles. The van der Waals surface area contributed by atoms with Gasteiger partial charge in [-0.1, -0.05) is 12.1 Å². The second-order valence-corrected chi connectivity index (χ2v) is 4.62. The molecule has 6 heteroatoms. The van der Waals surface area contributed by atoms with Crippen molar-refractivity contribution < 1.29 is 4.92 Å². The first-order valence-electron chi connectivity index (χ1n) is 6.08. The Morgan fingerprint density at radius 3 is 2.65 bits per heavy atom. The van der Waals surface area contributed by atoms with E-state index in [0.29, 0.717) is 12.1 Å². The molecule has 0 unspecified atom stereocenters. The molecule has 0 saturated carbocycles. The van der Waals surface area contributed by atoms with Crippen molar-refractivity contribution in [3.8, 4) is 0 Å². The molecular formula is C14H12N4O2. The highest BCUT2D eigenvalue weighted by Crippen LogP contribution is 2.23. The van der Waals surface area contributed by atoms with Gasteiger partial charge >= 0.3 is 0 Å². The lowest BCUT2D eigenvalue weighted by Gasteiger charge is -2.04. The van der Waals surface area contributed by atoms with E-state index in [4.69, 9.17) is 5.73 Å². The summed E-state index contributed by atoms with van der Waals surface area (Å²) >= 11 is 0. The largest absolute Gasteiger partial charge is 0.398 e. The van der Waals surface area contributed by atoms with E-state index in [9.17, 15) is 10.1 Å². The maximum absolute atomic E-state index is 10.6. The number of hydrogen-bond acceptors (Lipinski definition) is 4. The van der Waals surface area contributed by atoms with E-state index in [-0.39, 0.29) is 5.69 Å². The number of nitro groups is 1. The Morgan fingerprint density at radius 2 is 1.95 bits per heavy atom. The maximum atomic E-state index is 10.6. The molecule has 3 rings (SSSR count). The summed E-state index contributed by atoms with van der Waals surface area (Å²) in [7, 11) is 0. The van der Waals surface area contributed by atoms with Crippen LogP contribution in [0.3, 0.4) is 0 Å². The van der Waals surface area contributed by atoms with Crippen LogP contribution in [0.25, 0.3) is 10.9 Å². The molecule has 6 nitrogen and oxygen atoms in total. The molecule has 0 bridgehead atoms. The van der Waals surface area contributed by atoms with E-state index in [1.54, 1.807) is 18.3 Å². The smallest absolute Gasteiger partial charge is 0.269 e. The Morgan fingerprint density at radius 1 is 1.20 bits per heavy atom. The Kier molecular flexibility index (Phi) is 2.83. The number of H-pyrrole nitrogens is 1. The van der Waals surface area contributed by atoms with Crippen molar-refractivity contribution in [1.29, 1.82) is 0 Å². The van der Waals surface area contributed by atoms with Gasteiger partial charge in [-0.3, -0.25) is 15.2 Å². The van der Waals surface area contributed by atoms with Crippen LogP contribution in [0.15, 0.2) is 42.6 Å². The van der Waals surface area contributed by atoms with E-state index in [0.717, 1.165) is 22.0 Å². The molecule has 1 aromatic heterocycles. The second kappa shape index (κ2) is 4.65. The summed E-state index contributed by atoms with van der Waals surface area (Å²) in [6, 6.07) is 10.4. The first-order chi connectivity index (χ1) is 9.63. The average molecular weight is 268 g/mol. The predicted octanol–water partition coefficient (Wildman–Crippen LogP) is 2.64. The molecular weight excluding hydrogens is 256 g/mol. The summed E-state index contributed by atoms with van der Waals surface area (Å²) in [5.41, 5.74) is 9.66. The van der Waals surface area contributed by atoms with E-state index in [2.05, 4.69) is 10.2 Å². The fourth-order valence-corrected chi connectivity index (χ4v) is 2.21. The number of nitrogens with zero attached hydrogens (tertiary/aromatic N) is 2. The van der Waals surface area contributed by atoms with Crippen LogP contribution < -0.4 is 5.73 Å². The first-order valence-corrected chi connectivity index (χ1v) is 6.08. The van der Waals surface area contributed by atoms with Crippen molar-refractivity contribution in [1.82, 2.24) is 10.2 Å². The summed E-state index contributed by atoms with van der Waals surface area (Å²) in [6.45, 7) is 0. The second-order valence-electron chi connectivity index (χ2n) is 4.62. The van der Waals surface area contributed by atoms with Gasteiger partial charge in [0, 0.05) is 23.2 Å². The molecule has 3 N–H and O–H groups in total. The quantitative estimate of drug-likeness (QED) is 0.433. The minimum absolute atomic E-state index is 0.0947. The third kappa shape index (κ3) is 2.18. The van der Waals surface area contributed by atoms with Crippen molar-refractivity contribution in [3.63, 3.8) is 0 Å². The normalized spacial score (nSPS) is 10.8. The topological polar surface area (TPSA) is 97.8 Å². The highest BCUT2D eigenvalue weighted by atomic mass is 16.6. The fraction of sp³-hybridized carbons (Fsp3) is 0.0714. The van der Waals surface area contributed by atoms with E-state index in [1.807, 2.05) is 12.1 Å². The summed E-state index contributed by atoms with van der Waals surface area (Å²) in [4.78, 5) is 10.2. The zero-order valence-corrected chi connectivity index (χ0v) is 10.5. The standard InChI is InChI=1S/C14H12N4O2/c15-13-6-10(7-14-12(13)8-16-17-14)5-9-1-3-11(4-2-9)18(19)20/h1-4,6-8H,5,15H2,(H,16,17). The summed E-state index contributed by atoms with van der Waals surface area (Å²) < 4.78 is 0. The van der Waals surface area contributed by atoms with Gasteiger partial charge in [0.25, 0.3) is 5.69 Å². The number of nitrogen functional groups attached to an aromatic ring is 1. The number of benzene rings is 2. The number of non-ortho nitro benzene ring substituents is 1. The fourth-order valence-electron chi connectivity index (χ4n) is 2.21. The van der Waals surface area contributed by atoms with Gasteiger partial charge in [-0.25, -0.2) is 0 Å². The number of nitro benzene ring substituents is 1. The van der Waals surface area contributed by atoms with Crippen molar-refractivity contribution in [2.24, 2.45) is 0 Å². The predicted molar refractivity (Wildman–Crippen MR) is 76.4 cm³/mol. The third-order valence-electron chi connectivity index (χ3n) is 3.21. The molecule has 0 fully saturated rings. The van der Waals surface area contributed by atoms with E-state index in [1.165, 1.54) is 12.1 Å². The Hall–Kier alpha value is -2.89. The number of nitrogens with one attached hydrogen (secondary N) is 1. The number of aromatic amines is 1. The summed E-state index contributed by atoms with van der Waals surface area (Å²) in [6.07, 6.45) is 2.36. The number of rotatable bonds is 3. The van der Waals surface area contributed by atoms with E-state index >= 15 is 0 Å². The lowest BCUT2D eigenvalue weighted by atomic mass is 10.0. The molecule has 100 valence electrons. The van der Waals surface area contributed by atoms with Crippen LogP contribution in [0, 0.1) is 10.1 Å². The number of anilines is 1. The van der Waals surface area contributed by atoms with E-state index < -0.39 is 4.92 Å². The highest BCUT2D eigenvalue weighted by molar-refractivity contribution is 5.90. The van der Waals surface area contributed by atoms with Crippen molar-refractivity contribution in [2.45, 2.75) is 6.42 Å². The molecule has 3 aromatic rings. The SMILES string of the molecule is Nc1cc(Cc2ccc([N+](=O)[O-])cc2)cc2[nH]ncc12. The van der Waals surface area contributed by atoms with Gasteiger partial charge in [-0.15, -0.1) is 0 Å². The van der Waals surface area contributed by atoms with Gasteiger partial charge < -0.3 is 5.73 Å². The molecule has 0 saturated heterocycles. The van der Waals surface area contributed by atoms with Gasteiger partial charge in [0.05, 0.1) is 16.6 Å². The minimum Gasteiger partial charge on any atom is -0.398 e. The minimum atomic E-state index is -0.404. The molecule has 20 heavy (non-hydrogen) atoms. The van der Waals surface area contributed by atoms with Crippen molar-refractivity contribution in [2.75, 3.05) is 5.73 Å². The molecule has 0 radical (unpaired) electrons.